The van der Waals surface area contributed by atoms with Crippen molar-refractivity contribution in [3.63, 3.8) is 0 Å². The van der Waals surface area contributed by atoms with Crippen LogP contribution in [0.1, 0.15) is 6.42 Å². The molecule has 0 bridgehead atoms. The van der Waals surface area contributed by atoms with Gasteiger partial charge < -0.3 is 5.32 Å². The van der Waals surface area contributed by atoms with Crippen LogP contribution in [0.5, 0.6) is 0 Å². The first-order chi connectivity index (χ1) is 5.17. The number of rotatable bonds is 1. The third-order valence-corrected chi connectivity index (χ3v) is 2.42. The highest BCUT2D eigenvalue weighted by Gasteiger charge is 2.46. The van der Waals surface area contributed by atoms with E-state index in [-0.39, 0.29) is 13.1 Å². The predicted molar refractivity (Wildman–Crippen MR) is 37.8 cm³/mol. The Labute approximate surface area is 64.6 Å². The quantitative estimate of drug-likeness (QED) is 0.596. The number of nitrogens with one attached hydrogen (secondary N) is 1. The highest BCUT2D eigenvalue weighted by atomic mass is 19.3. The Balaban J connectivity index is 1.81. The van der Waals surface area contributed by atoms with Crippen molar-refractivity contribution < 1.29 is 8.78 Å². The van der Waals surface area contributed by atoms with Crippen LogP contribution in [0.3, 0.4) is 0 Å². The number of halogens is 2. The van der Waals surface area contributed by atoms with Crippen LogP contribution in [0, 0.1) is 0 Å². The van der Waals surface area contributed by atoms with Crippen LogP contribution in [0.4, 0.5) is 8.78 Å². The fourth-order valence-electron chi connectivity index (χ4n) is 1.76. The molecule has 2 heterocycles. The van der Waals surface area contributed by atoms with Gasteiger partial charge in [0.2, 0.25) is 0 Å². The Morgan fingerprint density at radius 3 is 2.55 bits per heavy atom. The summed E-state index contributed by atoms with van der Waals surface area (Å²) in [6.07, 6.45) is 1.02. The molecule has 1 unspecified atom stereocenters. The molecule has 11 heavy (non-hydrogen) atoms. The molecule has 2 rings (SSSR count). The van der Waals surface area contributed by atoms with Crippen molar-refractivity contribution in [2.75, 3.05) is 26.2 Å². The molecule has 2 nitrogen and oxygen atoms in total. The third kappa shape index (κ3) is 1.37. The lowest BCUT2D eigenvalue weighted by atomic mass is 10.1. The average Bonchev–Trinajstić information content (AvgIpc) is 2.32. The monoisotopic (exact) mass is 162 g/mol. The fourth-order valence-corrected chi connectivity index (χ4v) is 1.76. The van der Waals surface area contributed by atoms with E-state index in [4.69, 9.17) is 0 Å². The van der Waals surface area contributed by atoms with Crippen LogP contribution >= 0.6 is 0 Å². The lowest BCUT2D eigenvalue weighted by Gasteiger charge is -2.42. The molecule has 1 N–H and O–H groups in total. The van der Waals surface area contributed by atoms with Crippen molar-refractivity contribution in [3.05, 3.63) is 0 Å². The second-order valence-electron chi connectivity index (χ2n) is 3.41. The summed E-state index contributed by atoms with van der Waals surface area (Å²) in [7, 11) is 0. The molecule has 0 aromatic rings. The minimum atomic E-state index is -2.40. The largest absolute Gasteiger partial charge is 0.315 e. The maximum Gasteiger partial charge on any atom is 0.272 e. The van der Waals surface area contributed by atoms with Gasteiger partial charge in [-0.05, 0) is 13.0 Å². The van der Waals surface area contributed by atoms with E-state index in [0.717, 1.165) is 19.5 Å². The zero-order chi connectivity index (χ0) is 7.90. The zero-order valence-electron chi connectivity index (χ0n) is 6.32. The Bertz CT molecular complexity index is 147. The summed E-state index contributed by atoms with van der Waals surface area (Å²) in [5.41, 5.74) is 0. The van der Waals surface area contributed by atoms with Crippen molar-refractivity contribution in [1.29, 1.82) is 0 Å². The summed E-state index contributed by atoms with van der Waals surface area (Å²) in [6, 6.07) is 0.370. The Morgan fingerprint density at radius 2 is 2.09 bits per heavy atom. The molecule has 4 heteroatoms. The first kappa shape index (κ1) is 7.43. The first-order valence-electron chi connectivity index (χ1n) is 4.00. The van der Waals surface area contributed by atoms with E-state index >= 15 is 0 Å². The predicted octanol–water partition coefficient (Wildman–Crippen LogP) is 0.299. The van der Waals surface area contributed by atoms with Crippen molar-refractivity contribution in [2.24, 2.45) is 0 Å². The van der Waals surface area contributed by atoms with Crippen LogP contribution in [0.15, 0.2) is 0 Å². The van der Waals surface area contributed by atoms with Crippen LogP contribution in [0.2, 0.25) is 0 Å². The van der Waals surface area contributed by atoms with Gasteiger partial charge in [-0.25, -0.2) is 8.78 Å². The molecule has 0 aromatic heterocycles. The summed E-state index contributed by atoms with van der Waals surface area (Å²) in [4.78, 5) is 1.86. The normalized spacial score (nSPS) is 37.1. The molecular formula is C7H12F2N2. The van der Waals surface area contributed by atoms with Gasteiger partial charge in [0, 0.05) is 12.6 Å². The molecule has 0 radical (unpaired) electrons. The van der Waals surface area contributed by atoms with Crippen LogP contribution in [-0.4, -0.2) is 43.0 Å². The molecule has 0 amide bonds. The molecule has 0 saturated carbocycles. The average molecular weight is 162 g/mol. The van der Waals surface area contributed by atoms with E-state index < -0.39 is 5.92 Å². The van der Waals surface area contributed by atoms with E-state index in [1.165, 1.54) is 0 Å². The SMILES string of the molecule is FC1(F)CN(C2CCNC2)C1. The van der Waals surface area contributed by atoms with E-state index in [9.17, 15) is 8.78 Å². The molecule has 0 aliphatic carbocycles. The van der Waals surface area contributed by atoms with E-state index in [2.05, 4.69) is 5.32 Å². The minimum absolute atomic E-state index is 0.0284. The summed E-state index contributed by atoms with van der Waals surface area (Å²) in [5, 5.41) is 3.16. The highest BCUT2D eigenvalue weighted by molar-refractivity contribution is 4.93. The molecule has 64 valence electrons. The fraction of sp³-hybridized carbons (Fsp3) is 1.00. The lowest BCUT2D eigenvalue weighted by Crippen LogP contribution is -2.60. The van der Waals surface area contributed by atoms with E-state index in [0.29, 0.717) is 6.04 Å². The summed E-state index contributed by atoms with van der Waals surface area (Å²) >= 11 is 0. The lowest BCUT2D eigenvalue weighted by molar-refractivity contribution is -0.143. The molecule has 2 aliphatic heterocycles. The second-order valence-corrected chi connectivity index (χ2v) is 3.41. The molecule has 2 saturated heterocycles. The zero-order valence-corrected chi connectivity index (χ0v) is 6.32. The van der Waals surface area contributed by atoms with Gasteiger partial charge in [0.1, 0.15) is 0 Å². The third-order valence-electron chi connectivity index (χ3n) is 2.42. The number of alkyl halides is 2. The second kappa shape index (κ2) is 2.38. The molecular weight excluding hydrogens is 150 g/mol. The smallest absolute Gasteiger partial charge is 0.272 e. The van der Waals surface area contributed by atoms with Gasteiger partial charge in [-0.2, -0.15) is 0 Å². The minimum Gasteiger partial charge on any atom is -0.315 e. The molecule has 2 aliphatic rings. The summed E-state index contributed by atoms with van der Waals surface area (Å²) in [6.45, 7) is 1.81. The number of likely N-dealkylation sites (tertiary alicyclic amines) is 1. The number of hydrogen-bond donors (Lipinski definition) is 1. The van der Waals surface area contributed by atoms with Crippen molar-refractivity contribution in [2.45, 2.75) is 18.4 Å². The van der Waals surface area contributed by atoms with Gasteiger partial charge in [0.15, 0.2) is 0 Å². The van der Waals surface area contributed by atoms with Crippen LogP contribution in [0.25, 0.3) is 0 Å². The Morgan fingerprint density at radius 1 is 1.36 bits per heavy atom. The van der Waals surface area contributed by atoms with Crippen molar-refractivity contribution in [1.82, 2.24) is 10.2 Å². The van der Waals surface area contributed by atoms with E-state index in [1.807, 2.05) is 4.90 Å². The van der Waals surface area contributed by atoms with Gasteiger partial charge in [0.05, 0.1) is 13.1 Å². The summed E-state index contributed by atoms with van der Waals surface area (Å²) < 4.78 is 24.8. The molecule has 2 fully saturated rings. The molecule has 1 atom stereocenters. The number of nitrogens with zero attached hydrogens (tertiary/aromatic N) is 1. The van der Waals surface area contributed by atoms with Gasteiger partial charge in [-0.1, -0.05) is 0 Å². The summed E-state index contributed by atoms with van der Waals surface area (Å²) in [5.74, 6) is -2.40. The maximum atomic E-state index is 12.4. The topological polar surface area (TPSA) is 15.3 Å². The number of hydrogen-bond acceptors (Lipinski definition) is 2. The Kier molecular flexibility index (Phi) is 1.61. The highest BCUT2D eigenvalue weighted by Crippen LogP contribution is 2.29. The standard InChI is InChI=1S/C7H12F2N2/c8-7(9)4-11(5-7)6-1-2-10-3-6/h6,10H,1-5H2. The van der Waals surface area contributed by atoms with Gasteiger partial charge in [0.25, 0.3) is 5.92 Å². The molecule has 0 spiro atoms. The first-order valence-corrected chi connectivity index (χ1v) is 4.00. The Hall–Kier alpha value is -0.220. The van der Waals surface area contributed by atoms with Crippen molar-refractivity contribution in [3.8, 4) is 0 Å². The molecule has 0 aromatic carbocycles. The van der Waals surface area contributed by atoms with Crippen LogP contribution < -0.4 is 5.32 Å². The van der Waals surface area contributed by atoms with E-state index in [1.54, 1.807) is 0 Å². The van der Waals surface area contributed by atoms with Crippen LogP contribution in [-0.2, 0) is 0 Å². The van der Waals surface area contributed by atoms with Gasteiger partial charge in [-0.15, -0.1) is 0 Å². The van der Waals surface area contributed by atoms with Gasteiger partial charge in [-0.3, -0.25) is 4.90 Å². The van der Waals surface area contributed by atoms with Crippen molar-refractivity contribution >= 4 is 0 Å². The maximum absolute atomic E-state index is 12.4. The van der Waals surface area contributed by atoms with Gasteiger partial charge >= 0.3 is 0 Å².